The minimum absolute atomic E-state index is 0.0411. The van der Waals surface area contributed by atoms with Gasteiger partial charge in [-0.25, -0.2) is 4.99 Å². The molecule has 0 saturated carbocycles. The lowest BCUT2D eigenvalue weighted by Crippen LogP contribution is -2.63. The van der Waals surface area contributed by atoms with Gasteiger partial charge in [0.05, 0.1) is 12.8 Å². The average Bonchev–Trinajstić information content (AvgIpc) is 3.03. The van der Waals surface area contributed by atoms with Gasteiger partial charge in [0.25, 0.3) is 0 Å². The number of rotatable bonds is 14. The molecule has 0 aromatic rings. The molecule has 0 spiro atoms. The van der Waals surface area contributed by atoms with E-state index in [1.54, 1.807) is 6.92 Å². The van der Waals surface area contributed by atoms with Crippen molar-refractivity contribution in [1.29, 1.82) is 0 Å². The Morgan fingerprint density at radius 1 is 1.15 bits per heavy atom. The highest BCUT2D eigenvalue weighted by Gasteiger charge is 2.42. The SMILES string of the molecule is CCCCCCCCCC/C=C/CC1N=CC[N+]1(CC)C(C)NC(C)=O. The van der Waals surface area contributed by atoms with Crippen molar-refractivity contribution >= 4 is 12.1 Å². The lowest BCUT2D eigenvalue weighted by Gasteiger charge is -2.42. The summed E-state index contributed by atoms with van der Waals surface area (Å²) >= 11 is 0. The zero-order chi connectivity index (χ0) is 19.3. The van der Waals surface area contributed by atoms with E-state index in [-0.39, 0.29) is 18.2 Å². The van der Waals surface area contributed by atoms with Crippen LogP contribution in [0.1, 0.15) is 91.9 Å². The summed E-state index contributed by atoms with van der Waals surface area (Å²) in [4.78, 5) is 16.2. The van der Waals surface area contributed by atoms with Crippen LogP contribution in [0.4, 0.5) is 0 Å². The molecule has 0 fully saturated rings. The minimum Gasteiger partial charge on any atom is -0.307 e. The van der Waals surface area contributed by atoms with Gasteiger partial charge in [-0.2, -0.15) is 0 Å². The number of allylic oxidation sites excluding steroid dienone is 1. The van der Waals surface area contributed by atoms with Crippen LogP contribution in [0.2, 0.25) is 0 Å². The highest BCUT2D eigenvalue weighted by Crippen LogP contribution is 2.25. The molecule has 150 valence electrons. The smallest absolute Gasteiger partial charge is 0.221 e. The number of nitrogens with zero attached hydrogens (tertiary/aromatic N) is 2. The molecule has 3 atom stereocenters. The van der Waals surface area contributed by atoms with Gasteiger partial charge < -0.3 is 5.32 Å². The lowest BCUT2D eigenvalue weighted by atomic mass is 10.1. The predicted molar refractivity (Wildman–Crippen MR) is 112 cm³/mol. The van der Waals surface area contributed by atoms with Crippen LogP contribution < -0.4 is 5.32 Å². The van der Waals surface area contributed by atoms with Gasteiger partial charge in [-0.3, -0.25) is 9.28 Å². The highest BCUT2D eigenvalue weighted by molar-refractivity contribution is 5.73. The molecule has 4 nitrogen and oxygen atoms in total. The van der Waals surface area contributed by atoms with E-state index < -0.39 is 0 Å². The third kappa shape index (κ3) is 7.61. The maximum atomic E-state index is 11.5. The van der Waals surface area contributed by atoms with Crippen LogP contribution in [0.5, 0.6) is 0 Å². The standard InChI is InChI=1S/C22H41N3O/c1-5-7-8-9-10-11-12-13-14-15-16-17-22-23-18-19-25(22,6-2)20(3)24-21(4)26/h15-16,18,20,22H,5-14,17,19H2,1-4H3/p+1/b16-15+. The Balaban J connectivity index is 2.26. The summed E-state index contributed by atoms with van der Waals surface area (Å²) in [5, 5.41) is 3.08. The van der Waals surface area contributed by atoms with E-state index in [1.807, 2.05) is 6.21 Å². The van der Waals surface area contributed by atoms with Crippen LogP contribution in [-0.4, -0.2) is 42.0 Å². The number of nitrogens with one attached hydrogen (secondary N) is 1. The van der Waals surface area contributed by atoms with E-state index in [0.29, 0.717) is 0 Å². The summed E-state index contributed by atoms with van der Waals surface area (Å²) in [6, 6.07) is 0. The van der Waals surface area contributed by atoms with E-state index >= 15 is 0 Å². The summed E-state index contributed by atoms with van der Waals surface area (Å²) in [7, 11) is 0. The van der Waals surface area contributed by atoms with E-state index in [2.05, 4.69) is 38.2 Å². The van der Waals surface area contributed by atoms with E-state index in [0.717, 1.165) is 24.0 Å². The third-order valence-electron chi connectivity index (χ3n) is 5.80. The molecule has 0 aromatic carbocycles. The van der Waals surface area contributed by atoms with Crippen molar-refractivity contribution < 1.29 is 9.28 Å². The molecule has 3 unspecified atom stereocenters. The van der Waals surface area contributed by atoms with Crippen LogP contribution in [0.15, 0.2) is 17.1 Å². The molecule has 1 N–H and O–H groups in total. The number of carbonyl (C=O) groups is 1. The summed E-state index contributed by atoms with van der Waals surface area (Å²) in [5.41, 5.74) is 0. The van der Waals surface area contributed by atoms with Gasteiger partial charge in [0.15, 0.2) is 12.3 Å². The van der Waals surface area contributed by atoms with Gasteiger partial charge in [0.2, 0.25) is 5.91 Å². The first kappa shape index (κ1) is 22.9. The molecule has 0 saturated heterocycles. The molecule has 4 heteroatoms. The number of amides is 1. The zero-order valence-electron chi connectivity index (χ0n) is 17.7. The number of quaternary nitrogens is 1. The van der Waals surface area contributed by atoms with Crippen molar-refractivity contribution in [2.75, 3.05) is 13.1 Å². The number of carbonyl (C=O) groups excluding carboxylic acids is 1. The van der Waals surface area contributed by atoms with Gasteiger partial charge in [0, 0.05) is 20.3 Å². The van der Waals surface area contributed by atoms with Crippen molar-refractivity contribution in [3.05, 3.63) is 12.2 Å². The summed E-state index contributed by atoms with van der Waals surface area (Å²) in [6.45, 7) is 10.1. The number of hydrogen-bond acceptors (Lipinski definition) is 2. The van der Waals surface area contributed by atoms with Gasteiger partial charge >= 0.3 is 0 Å². The fraction of sp³-hybridized carbons (Fsp3) is 0.818. The zero-order valence-corrected chi connectivity index (χ0v) is 17.7. The highest BCUT2D eigenvalue weighted by atomic mass is 16.1. The minimum atomic E-state index is 0.0411. The Morgan fingerprint density at radius 3 is 2.42 bits per heavy atom. The molecule has 1 amide bonds. The first-order chi connectivity index (χ1) is 12.6. The van der Waals surface area contributed by atoms with E-state index in [1.165, 1.54) is 57.8 Å². The Bertz CT molecular complexity index is 447. The molecule has 0 radical (unpaired) electrons. The van der Waals surface area contributed by atoms with Gasteiger partial charge in [-0.05, 0) is 19.8 Å². The number of hydrogen-bond donors (Lipinski definition) is 1. The maximum absolute atomic E-state index is 11.5. The fourth-order valence-electron chi connectivity index (χ4n) is 4.03. The molecular formula is C22H42N3O+. The van der Waals surface area contributed by atoms with Gasteiger partial charge in [-0.15, -0.1) is 0 Å². The molecule has 0 bridgehead atoms. The third-order valence-corrected chi connectivity index (χ3v) is 5.80. The monoisotopic (exact) mass is 364 g/mol. The topological polar surface area (TPSA) is 41.5 Å². The maximum Gasteiger partial charge on any atom is 0.221 e. The molecule has 1 rings (SSSR count). The fourth-order valence-corrected chi connectivity index (χ4v) is 4.03. The van der Waals surface area contributed by atoms with Gasteiger partial charge in [-0.1, -0.05) is 64.0 Å². The van der Waals surface area contributed by atoms with Crippen molar-refractivity contribution in [3.8, 4) is 0 Å². The van der Waals surface area contributed by atoms with E-state index in [9.17, 15) is 4.79 Å². The summed E-state index contributed by atoms with van der Waals surface area (Å²) in [5.74, 6) is 0.0411. The predicted octanol–water partition coefficient (Wildman–Crippen LogP) is 5.19. The van der Waals surface area contributed by atoms with Crippen molar-refractivity contribution in [3.63, 3.8) is 0 Å². The normalized spacial score (nSPS) is 23.6. The van der Waals surface area contributed by atoms with Crippen molar-refractivity contribution in [2.24, 2.45) is 4.99 Å². The molecule has 0 aliphatic carbocycles. The van der Waals surface area contributed by atoms with Crippen LogP contribution in [-0.2, 0) is 4.79 Å². The average molecular weight is 365 g/mol. The Morgan fingerprint density at radius 2 is 1.81 bits per heavy atom. The second kappa shape index (κ2) is 13.1. The molecule has 26 heavy (non-hydrogen) atoms. The number of unbranched alkanes of at least 4 members (excludes halogenated alkanes) is 8. The Labute approximate surface area is 161 Å². The molecule has 1 heterocycles. The molecule has 0 aromatic heterocycles. The second-order valence-electron chi connectivity index (χ2n) is 7.76. The van der Waals surface area contributed by atoms with Crippen LogP contribution in [0.25, 0.3) is 0 Å². The largest absolute Gasteiger partial charge is 0.307 e. The summed E-state index contributed by atoms with van der Waals surface area (Å²) < 4.78 is 0.835. The number of aliphatic imine (C=N–C) groups is 1. The first-order valence-corrected chi connectivity index (χ1v) is 10.9. The van der Waals surface area contributed by atoms with Crippen molar-refractivity contribution in [1.82, 2.24) is 5.32 Å². The lowest BCUT2D eigenvalue weighted by molar-refractivity contribution is -0.958. The van der Waals surface area contributed by atoms with Crippen LogP contribution in [0.3, 0.4) is 0 Å². The summed E-state index contributed by atoms with van der Waals surface area (Å²) in [6.07, 6.45) is 20.1. The first-order valence-electron chi connectivity index (χ1n) is 10.9. The van der Waals surface area contributed by atoms with Crippen molar-refractivity contribution in [2.45, 2.75) is 104 Å². The Hall–Kier alpha value is -1.16. The molecular weight excluding hydrogens is 322 g/mol. The second-order valence-corrected chi connectivity index (χ2v) is 7.76. The quantitative estimate of drug-likeness (QED) is 0.257. The van der Waals surface area contributed by atoms with Crippen LogP contribution in [0, 0.1) is 0 Å². The van der Waals surface area contributed by atoms with Gasteiger partial charge in [0.1, 0.15) is 6.54 Å². The van der Waals surface area contributed by atoms with E-state index in [4.69, 9.17) is 4.99 Å². The molecule has 1 aliphatic heterocycles. The molecule has 1 aliphatic rings. The van der Waals surface area contributed by atoms with Crippen LogP contribution >= 0.6 is 0 Å². The Kier molecular flexibility index (Phi) is 11.5.